The fraction of sp³-hybridized carbons (Fsp3) is 0.118. The molecule has 0 atom stereocenters. The van der Waals surface area contributed by atoms with Crippen LogP contribution < -0.4 is 9.47 Å². The summed E-state index contributed by atoms with van der Waals surface area (Å²) in [5.74, 6) is 1.63. The van der Waals surface area contributed by atoms with Gasteiger partial charge in [-0.15, -0.1) is 23.7 Å². The number of hydrogen-bond donors (Lipinski definition) is 0. The molecule has 1 aromatic heterocycles. The SMILES string of the molecule is C(=C\c1nc2ccccc2s1)/c1ccc2c(c1)OCCO2.Cl. The highest BCUT2D eigenvalue weighted by atomic mass is 35.5. The van der Waals surface area contributed by atoms with Gasteiger partial charge < -0.3 is 9.47 Å². The van der Waals surface area contributed by atoms with Crippen molar-refractivity contribution in [1.29, 1.82) is 0 Å². The summed E-state index contributed by atoms with van der Waals surface area (Å²) >= 11 is 1.69. The van der Waals surface area contributed by atoms with Crippen molar-refractivity contribution in [3.05, 3.63) is 53.0 Å². The number of rotatable bonds is 2. The molecule has 3 aromatic rings. The van der Waals surface area contributed by atoms with Crippen LogP contribution in [-0.2, 0) is 0 Å². The number of para-hydroxylation sites is 1. The third kappa shape index (κ3) is 2.93. The van der Waals surface area contributed by atoms with Gasteiger partial charge in [-0.25, -0.2) is 4.98 Å². The molecule has 0 N–H and O–H groups in total. The van der Waals surface area contributed by atoms with E-state index in [0.717, 1.165) is 27.6 Å². The molecule has 22 heavy (non-hydrogen) atoms. The van der Waals surface area contributed by atoms with E-state index in [1.165, 1.54) is 4.70 Å². The van der Waals surface area contributed by atoms with Crippen LogP contribution in [0.4, 0.5) is 0 Å². The molecule has 0 saturated carbocycles. The Labute approximate surface area is 138 Å². The van der Waals surface area contributed by atoms with E-state index in [1.807, 2.05) is 42.5 Å². The molecule has 2 heterocycles. The third-order valence-corrected chi connectivity index (χ3v) is 4.30. The Kier molecular flexibility index (Phi) is 4.32. The zero-order chi connectivity index (χ0) is 14.1. The Bertz CT molecular complexity index is 795. The largest absolute Gasteiger partial charge is 0.486 e. The summed E-state index contributed by atoms with van der Waals surface area (Å²) in [6.07, 6.45) is 4.09. The van der Waals surface area contributed by atoms with Crippen LogP contribution >= 0.6 is 23.7 Å². The predicted octanol–water partition coefficient (Wildman–Crippen LogP) is 4.66. The van der Waals surface area contributed by atoms with Crippen LogP contribution in [0.1, 0.15) is 10.6 Å². The highest BCUT2D eigenvalue weighted by Gasteiger charge is 2.10. The molecular formula is C17H14ClNO2S. The Morgan fingerprint density at radius 3 is 2.64 bits per heavy atom. The molecule has 3 nitrogen and oxygen atoms in total. The average molecular weight is 332 g/mol. The molecule has 5 heteroatoms. The van der Waals surface area contributed by atoms with Crippen LogP contribution in [0.5, 0.6) is 11.5 Å². The smallest absolute Gasteiger partial charge is 0.161 e. The highest BCUT2D eigenvalue weighted by molar-refractivity contribution is 7.19. The summed E-state index contributed by atoms with van der Waals surface area (Å²) < 4.78 is 12.3. The average Bonchev–Trinajstić information content (AvgIpc) is 2.95. The third-order valence-electron chi connectivity index (χ3n) is 3.30. The number of hydrogen-bond acceptors (Lipinski definition) is 4. The number of nitrogens with zero attached hydrogens (tertiary/aromatic N) is 1. The van der Waals surface area contributed by atoms with Crippen LogP contribution in [0.15, 0.2) is 42.5 Å². The first-order chi connectivity index (χ1) is 10.4. The molecule has 0 radical (unpaired) electrons. The lowest BCUT2D eigenvalue weighted by Gasteiger charge is -2.18. The molecule has 0 unspecified atom stereocenters. The van der Waals surface area contributed by atoms with Gasteiger partial charge in [-0.05, 0) is 35.9 Å². The number of ether oxygens (including phenoxy) is 2. The Hall–Kier alpha value is -2.04. The molecule has 0 spiro atoms. The van der Waals surface area contributed by atoms with E-state index >= 15 is 0 Å². The molecule has 0 aliphatic carbocycles. The van der Waals surface area contributed by atoms with Crippen molar-refractivity contribution in [3.63, 3.8) is 0 Å². The first-order valence-electron chi connectivity index (χ1n) is 6.82. The molecule has 0 amide bonds. The van der Waals surface area contributed by atoms with E-state index < -0.39 is 0 Å². The van der Waals surface area contributed by atoms with Gasteiger partial charge >= 0.3 is 0 Å². The summed E-state index contributed by atoms with van der Waals surface area (Å²) in [5.41, 5.74) is 2.13. The fourth-order valence-corrected chi connectivity index (χ4v) is 3.16. The number of halogens is 1. The van der Waals surface area contributed by atoms with Gasteiger partial charge in [0.25, 0.3) is 0 Å². The second-order valence-corrected chi connectivity index (χ2v) is 5.82. The number of aromatic nitrogens is 1. The molecule has 4 rings (SSSR count). The second-order valence-electron chi connectivity index (χ2n) is 4.76. The van der Waals surface area contributed by atoms with Crippen LogP contribution in [0.2, 0.25) is 0 Å². The molecule has 2 aromatic carbocycles. The van der Waals surface area contributed by atoms with Gasteiger partial charge in [-0.1, -0.05) is 24.3 Å². The molecule has 1 aliphatic heterocycles. The second kappa shape index (κ2) is 6.38. The normalized spacial score (nSPS) is 13.3. The minimum atomic E-state index is 0. The number of benzene rings is 2. The summed E-state index contributed by atoms with van der Waals surface area (Å²) in [6, 6.07) is 14.1. The van der Waals surface area contributed by atoms with E-state index in [4.69, 9.17) is 9.47 Å². The first kappa shape index (κ1) is 14.9. The predicted molar refractivity (Wildman–Crippen MR) is 93.2 cm³/mol. The van der Waals surface area contributed by atoms with E-state index in [1.54, 1.807) is 11.3 Å². The zero-order valence-electron chi connectivity index (χ0n) is 11.7. The molecule has 1 aliphatic rings. The van der Waals surface area contributed by atoms with E-state index in [2.05, 4.69) is 17.1 Å². The highest BCUT2D eigenvalue weighted by Crippen LogP contribution is 2.31. The summed E-state index contributed by atoms with van der Waals surface area (Å²) in [4.78, 5) is 4.59. The lowest BCUT2D eigenvalue weighted by atomic mass is 10.2. The number of thiazole rings is 1. The lowest BCUT2D eigenvalue weighted by molar-refractivity contribution is 0.171. The van der Waals surface area contributed by atoms with Crippen molar-refractivity contribution in [2.24, 2.45) is 0 Å². The Morgan fingerprint density at radius 1 is 0.955 bits per heavy atom. The molecule has 0 fully saturated rings. The van der Waals surface area contributed by atoms with Gasteiger partial charge in [0, 0.05) is 0 Å². The van der Waals surface area contributed by atoms with Crippen LogP contribution in [0.3, 0.4) is 0 Å². The maximum absolute atomic E-state index is 5.59. The van der Waals surface area contributed by atoms with E-state index in [0.29, 0.717) is 13.2 Å². The maximum Gasteiger partial charge on any atom is 0.161 e. The minimum Gasteiger partial charge on any atom is -0.486 e. The van der Waals surface area contributed by atoms with Crippen molar-refractivity contribution in [2.75, 3.05) is 13.2 Å². The van der Waals surface area contributed by atoms with Gasteiger partial charge in [-0.2, -0.15) is 0 Å². The van der Waals surface area contributed by atoms with E-state index in [9.17, 15) is 0 Å². The number of fused-ring (bicyclic) bond motifs is 2. The van der Waals surface area contributed by atoms with Crippen molar-refractivity contribution in [3.8, 4) is 11.5 Å². The van der Waals surface area contributed by atoms with Gasteiger partial charge in [0.1, 0.15) is 18.2 Å². The van der Waals surface area contributed by atoms with Gasteiger partial charge in [-0.3, -0.25) is 0 Å². The van der Waals surface area contributed by atoms with Gasteiger partial charge in [0.2, 0.25) is 0 Å². The lowest BCUT2D eigenvalue weighted by Crippen LogP contribution is -2.15. The summed E-state index contributed by atoms with van der Waals surface area (Å²) in [6.45, 7) is 1.23. The Balaban J connectivity index is 0.00000144. The standard InChI is InChI=1S/C17H13NO2S.ClH/c1-2-4-16-13(3-1)18-17(21-16)8-6-12-5-7-14-15(11-12)20-10-9-19-14;/h1-8,11H,9-10H2;1H/b8-6+;. The van der Waals surface area contributed by atoms with Crippen LogP contribution in [0, 0.1) is 0 Å². The monoisotopic (exact) mass is 331 g/mol. The molecule has 0 bridgehead atoms. The molecule has 112 valence electrons. The maximum atomic E-state index is 5.59. The quantitative estimate of drug-likeness (QED) is 0.684. The molecular weight excluding hydrogens is 318 g/mol. The van der Waals surface area contributed by atoms with E-state index in [-0.39, 0.29) is 12.4 Å². The van der Waals surface area contributed by atoms with Gasteiger partial charge in [0.15, 0.2) is 11.5 Å². The molecule has 0 saturated heterocycles. The van der Waals surface area contributed by atoms with Crippen molar-refractivity contribution in [2.45, 2.75) is 0 Å². The minimum absolute atomic E-state index is 0. The zero-order valence-corrected chi connectivity index (χ0v) is 13.3. The fourth-order valence-electron chi connectivity index (χ4n) is 2.29. The van der Waals surface area contributed by atoms with Gasteiger partial charge in [0.05, 0.1) is 10.2 Å². The topological polar surface area (TPSA) is 31.4 Å². The van der Waals surface area contributed by atoms with Crippen molar-refractivity contribution in [1.82, 2.24) is 4.98 Å². The first-order valence-corrected chi connectivity index (χ1v) is 7.63. The summed E-state index contributed by atoms with van der Waals surface area (Å²) in [7, 11) is 0. The van der Waals surface area contributed by atoms with Crippen LogP contribution in [0.25, 0.3) is 22.4 Å². The summed E-state index contributed by atoms with van der Waals surface area (Å²) in [5, 5.41) is 1.01. The Morgan fingerprint density at radius 2 is 1.77 bits per heavy atom. The van der Waals surface area contributed by atoms with Crippen LogP contribution in [-0.4, -0.2) is 18.2 Å². The van der Waals surface area contributed by atoms with Crippen molar-refractivity contribution >= 4 is 46.1 Å². The van der Waals surface area contributed by atoms with Crippen molar-refractivity contribution < 1.29 is 9.47 Å².